The number of aliphatic imine (C=N–C) groups is 1. The molecule has 0 aliphatic heterocycles. The lowest BCUT2D eigenvalue weighted by molar-refractivity contribution is -0.142. The van der Waals surface area contributed by atoms with Crippen LogP contribution in [0.3, 0.4) is 0 Å². The maximum Gasteiger partial charge on any atom is 0.407 e. The predicted octanol–water partition coefficient (Wildman–Crippen LogP) is 3.49. The second kappa shape index (κ2) is 17.5. The molecule has 1 aliphatic carbocycles. The summed E-state index contributed by atoms with van der Waals surface area (Å²) in [5.41, 5.74) is 16.5. The van der Waals surface area contributed by atoms with E-state index in [9.17, 15) is 24.3 Å². The summed E-state index contributed by atoms with van der Waals surface area (Å²) in [4.78, 5) is 56.8. The third-order valence-corrected chi connectivity index (χ3v) is 8.71. The highest BCUT2D eigenvalue weighted by Gasteiger charge is 2.32. The SMILES string of the molecule is NC(N)=NCCC[C@H](NC(=O)[C@H](Cc1ccccc1)NC(=O)[C@H](Cc1ccccc1)NC(=O)OCC1c2ccccc2-c2ccccc21)C(=O)O. The zero-order chi connectivity index (χ0) is 36.2. The van der Waals surface area contributed by atoms with Crippen LogP contribution in [0.2, 0.25) is 0 Å². The number of carbonyl (C=O) groups is 4. The van der Waals surface area contributed by atoms with Crippen molar-refractivity contribution in [1.82, 2.24) is 16.0 Å². The van der Waals surface area contributed by atoms with Crippen LogP contribution in [0.5, 0.6) is 0 Å². The third kappa shape index (κ3) is 9.94. The smallest absolute Gasteiger partial charge is 0.407 e. The molecule has 0 bridgehead atoms. The molecule has 4 aromatic carbocycles. The van der Waals surface area contributed by atoms with Crippen LogP contribution in [0.15, 0.2) is 114 Å². The Bertz CT molecular complexity index is 1800. The minimum atomic E-state index is -1.25. The van der Waals surface area contributed by atoms with Crippen molar-refractivity contribution in [3.8, 4) is 11.1 Å². The van der Waals surface area contributed by atoms with Crippen LogP contribution in [0.4, 0.5) is 4.79 Å². The van der Waals surface area contributed by atoms with Crippen molar-refractivity contribution >= 4 is 29.8 Å². The molecule has 12 heteroatoms. The van der Waals surface area contributed by atoms with Crippen LogP contribution in [0, 0.1) is 0 Å². The van der Waals surface area contributed by atoms with Gasteiger partial charge in [0.2, 0.25) is 11.8 Å². The first-order valence-corrected chi connectivity index (χ1v) is 16.8. The van der Waals surface area contributed by atoms with E-state index in [-0.39, 0.29) is 44.3 Å². The average molecular weight is 691 g/mol. The van der Waals surface area contributed by atoms with Crippen LogP contribution in [-0.2, 0) is 32.0 Å². The number of amides is 3. The molecule has 51 heavy (non-hydrogen) atoms. The molecule has 3 amide bonds. The van der Waals surface area contributed by atoms with Gasteiger partial charge in [0.05, 0.1) is 0 Å². The Morgan fingerprint density at radius 1 is 0.667 bits per heavy atom. The standard InChI is InChI=1S/C39H42N6O6/c40-38(41)42-21-11-20-32(37(48)49)43-35(46)33(22-25-12-3-1-4-13-25)44-36(47)34(23-26-14-5-2-6-15-26)45-39(50)51-24-31-29-18-9-7-16-27(29)28-17-8-10-19-30(28)31/h1-10,12-19,31-34H,11,20-24H2,(H,43,46)(H,44,47)(H,45,50)(H,48,49)(H4,40,41,42)/t32-,33-,34-/m0/s1. The van der Waals surface area contributed by atoms with Crippen molar-refractivity contribution in [2.45, 2.75) is 49.7 Å². The predicted molar refractivity (Wildman–Crippen MR) is 194 cm³/mol. The van der Waals surface area contributed by atoms with E-state index in [0.29, 0.717) is 6.42 Å². The van der Waals surface area contributed by atoms with Gasteiger partial charge in [-0.05, 0) is 46.2 Å². The molecule has 3 atom stereocenters. The van der Waals surface area contributed by atoms with Gasteiger partial charge < -0.3 is 37.3 Å². The van der Waals surface area contributed by atoms with E-state index in [1.807, 2.05) is 84.9 Å². The first kappa shape index (κ1) is 36.1. The average Bonchev–Trinajstić information content (AvgIpc) is 3.45. The molecule has 12 nitrogen and oxygen atoms in total. The molecule has 0 spiro atoms. The fourth-order valence-corrected chi connectivity index (χ4v) is 6.21. The number of hydrogen-bond donors (Lipinski definition) is 6. The van der Waals surface area contributed by atoms with E-state index in [1.54, 1.807) is 24.3 Å². The summed E-state index contributed by atoms with van der Waals surface area (Å²) in [5.74, 6) is -2.86. The van der Waals surface area contributed by atoms with Gasteiger partial charge in [-0.25, -0.2) is 9.59 Å². The number of guanidine groups is 1. The number of nitrogens with one attached hydrogen (secondary N) is 3. The van der Waals surface area contributed by atoms with E-state index in [0.717, 1.165) is 33.4 Å². The molecule has 0 fully saturated rings. The second-order valence-electron chi connectivity index (χ2n) is 12.3. The molecule has 0 saturated heterocycles. The van der Waals surface area contributed by atoms with Crippen molar-refractivity contribution < 1.29 is 29.0 Å². The zero-order valence-electron chi connectivity index (χ0n) is 28.0. The van der Waals surface area contributed by atoms with Gasteiger partial charge in [-0.1, -0.05) is 109 Å². The summed E-state index contributed by atoms with van der Waals surface area (Å²) < 4.78 is 5.75. The highest BCUT2D eigenvalue weighted by atomic mass is 16.5. The van der Waals surface area contributed by atoms with Gasteiger partial charge in [-0.2, -0.15) is 0 Å². The number of nitrogens with zero attached hydrogens (tertiary/aromatic N) is 1. The highest BCUT2D eigenvalue weighted by Crippen LogP contribution is 2.44. The zero-order valence-corrected chi connectivity index (χ0v) is 28.0. The minimum Gasteiger partial charge on any atom is -0.480 e. The molecule has 1 aliphatic rings. The van der Waals surface area contributed by atoms with Crippen LogP contribution >= 0.6 is 0 Å². The van der Waals surface area contributed by atoms with Gasteiger partial charge in [0.1, 0.15) is 24.7 Å². The number of carboxylic acid groups (broad SMARTS) is 1. The van der Waals surface area contributed by atoms with Crippen LogP contribution in [0.1, 0.15) is 41.0 Å². The lowest BCUT2D eigenvalue weighted by Crippen LogP contribution is -2.57. The number of carboxylic acids is 1. The molecule has 0 saturated carbocycles. The lowest BCUT2D eigenvalue weighted by atomic mass is 9.98. The summed E-state index contributed by atoms with van der Waals surface area (Å²) in [7, 11) is 0. The molecule has 264 valence electrons. The molecule has 5 rings (SSSR count). The van der Waals surface area contributed by atoms with Gasteiger partial charge in [0.15, 0.2) is 5.96 Å². The number of nitrogens with two attached hydrogens (primary N) is 2. The van der Waals surface area contributed by atoms with Gasteiger partial charge in [0.25, 0.3) is 0 Å². The van der Waals surface area contributed by atoms with Gasteiger partial charge >= 0.3 is 12.1 Å². The first-order chi connectivity index (χ1) is 24.7. The van der Waals surface area contributed by atoms with Gasteiger partial charge in [-0.15, -0.1) is 0 Å². The minimum absolute atomic E-state index is 0.0539. The van der Waals surface area contributed by atoms with Crippen molar-refractivity contribution in [2.24, 2.45) is 16.5 Å². The fraction of sp³-hybridized carbons (Fsp3) is 0.256. The summed E-state index contributed by atoms with van der Waals surface area (Å²) in [5, 5.41) is 17.9. The third-order valence-electron chi connectivity index (χ3n) is 8.71. The first-order valence-electron chi connectivity index (χ1n) is 16.8. The van der Waals surface area contributed by atoms with Crippen molar-refractivity contribution in [2.75, 3.05) is 13.2 Å². The number of aliphatic carboxylic acids is 1. The number of hydrogen-bond acceptors (Lipinski definition) is 6. The number of alkyl carbamates (subject to hydrolysis) is 1. The quantitative estimate of drug-likeness (QED) is 0.0583. The lowest BCUT2D eigenvalue weighted by Gasteiger charge is -2.25. The normalized spacial score (nSPS) is 13.4. The van der Waals surface area contributed by atoms with E-state index in [4.69, 9.17) is 16.2 Å². The van der Waals surface area contributed by atoms with E-state index >= 15 is 0 Å². The Morgan fingerprint density at radius 2 is 1.14 bits per heavy atom. The fourth-order valence-electron chi connectivity index (χ4n) is 6.21. The number of carbonyl (C=O) groups excluding carboxylic acids is 3. The number of fused-ring (bicyclic) bond motifs is 3. The molecular formula is C39H42N6O6. The van der Waals surface area contributed by atoms with Gasteiger partial charge in [-0.3, -0.25) is 14.6 Å². The summed E-state index contributed by atoms with van der Waals surface area (Å²) in [6.45, 7) is 0.243. The molecule has 0 radical (unpaired) electrons. The largest absolute Gasteiger partial charge is 0.480 e. The maximum atomic E-state index is 14.0. The summed E-state index contributed by atoms with van der Waals surface area (Å²) in [6.07, 6.45) is -0.248. The molecule has 0 heterocycles. The Hall–Kier alpha value is -6.17. The highest BCUT2D eigenvalue weighted by molar-refractivity contribution is 5.93. The van der Waals surface area contributed by atoms with Crippen molar-refractivity contribution in [3.63, 3.8) is 0 Å². The molecular weight excluding hydrogens is 648 g/mol. The number of benzene rings is 4. The molecule has 4 aromatic rings. The van der Waals surface area contributed by atoms with Crippen LogP contribution in [-0.4, -0.2) is 66.2 Å². The van der Waals surface area contributed by atoms with Gasteiger partial charge in [0, 0.05) is 25.3 Å². The number of ether oxygens (including phenoxy) is 1. The Labute approximate surface area is 296 Å². The summed E-state index contributed by atoms with van der Waals surface area (Å²) >= 11 is 0. The Balaban J connectivity index is 1.31. The monoisotopic (exact) mass is 690 g/mol. The van der Waals surface area contributed by atoms with Crippen molar-refractivity contribution in [1.29, 1.82) is 0 Å². The maximum absolute atomic E-state index is 14.0. The van der Waals surface area contributed by atoms with Crippen LogP contribution in [0.25, 0.3) is 11.1 Å². The van der Waals surface area contributed by atoms with E-state index < -0.39 is 42.0 Å². The molecule has 0 unspecified atom stereocenters. The Morgan fingerprint density at radius 3 is 1.65 bits per heavy atom. The summed E-state index contributed by atoms with van der Waals surface area (Å²) in [6, 6.07) is 30.6. The topological polar surface area (TPSA) is 198 Å². The van der Waals surface area contributed by atoms with Crippen LogP contribution < -0.4 is 27.4 Å². The van der Waals surface area contributed by atoms with E-state index in [1.165, 1.54) is 0 Å². The molecule has 0 aromatic heterocycles. The number of rotatable bonds is 16. The van der Waals surface area contributed by atoms with E-state index in [2.05, 4.69) is 20.9 Å². The molecule has 8 N–H and O–H groups in total. The second-order valence-corrected chi connectivity index (χ2v) is 12.3. The Kier molecular flexibility index (Phi) is 12.4. The van der Waals surface area contributed by atoms with Crippen molar-refractivity contribution in [3.05, 3.63) is 131 Å².